The number of hydrogen-bond donors (Lipinski definition) is 0. The van der Waals surface area contributed by atoms with Crippen molar-refractivity contribution in [2.75, 3.05) is 18.6 Å². The Morgan fingerprint density at radius 3 is 3.12 bits per heavy atom. The fraction of sp³-hybridized carbons (Fsp3) is 0.417. The Hall–Kier alpha value is -0.610. The molecule has 0 aromatic heterocycles. The molecule has 4 heteroatoms. The number of methoxy groups -OCH3 is 1. The zero-order valence-electron chi connectivity index (χ0n) is 9.53. The molecule has 0 amide bonds. The summed E-state index contributed by atoms with van der Waals surface area (Å²) in [5, 5.41) is 1.23. The van der Waals surface area contributed by atoms with E-state index in [2.05, 4.69) is 18.0 Å². The van der Waals surface area contributed by atoms with Gasteiger partial charge in [-0.05, 0) is 24.3 Å². The highest BCUT2D eigenvalue weighted by Crippen LogP contribution is 2.38. The average Bonchev–Trinajstić information content (AvgIpc) is 2.35. The molecule has 0 saturated heterocycles. The SMILES string of the molecule is CCCSC1=Nc2cc(OC)ccc2SC1. The lowest BCUT2D eigenvalue weighted by Gasteiger charge is -2.15. The van der Waals surface area contributed by atoms with Crippen LogP contribution >= 0.6 is 23.5 Å². The van der Waals surface area contributed by atoms with Crippen molar-refractivity contribution >= 4 is 34.3 Å². The molecule has 0 N–H and O–H groups in total. The first-order valence-electron chi connectivity index (χ1n) is 5.34. The fourth-order valence-corrected chi connectivity index (χ4v) is 3.31. The van der Waals surface area contributed by atoms with E-state index in [9.17, 15) is 0 Å². The Bertz CT molecular complexity index is 404. The largest absolute Gasteiger partial charge is 0.497 e. The van der Waals surface area contributed by atoms with Gasteiger partial charge in [0, 0.05) is 16.7 Å². The maximum absolute atomic E-state index is 5.21. The second-order valence-electron chi connectivity index (χ2n) is 3.48. The third kappa shape index (κ3) is 2.74. The second-order valence-corrected chi connectivity index (χ2v) is 5.66. The first-order valence-corrected chi connectivity index (χ1v) is 7.32. The highest BCUT2D eigenvalue weighted by molar-refractivity contribution is 8.16. The molecule has 0 atom stereocenters. The molecular formula is C12H15NOS2. The number of ether oxygens (including phenoxy) is 1. The van der Waals surface area contributed by atoms with Crippen LogP contribution in [0, 0.1) is 0 Å². The van der Waals surface area contributed by atoms with E-state index < -0.39 is 0 Å². The van der Waals surface area contributed by atoms with Crippen molar-refractivity contribution in [3.05, 3.63) is 18.2 Å². The van der Waals surface area contributed by atoms with Crippen LogP contribution in [-0.4, -0.2) is 23.7 Å². The van der Waals surface area contributed by atoms with Crippen LogP contribution in [0.3, 0.4) is 0 Å². The topological polar surface area (TPSA) is 21.6 Å². The van der Waals surface area contributed by atoms with Gasteiger partial charge in [-0.25, -0.2) is 4.99 Å². The van der Waals surface area contributed by atoms with Gasteiger partial charge in [0.05, 0.1) is 17.8 Å². The zero-order valence-corrected chi connectivity index (χ0v) is 11.2. The number of rotatable bonds is 3. The minimum Gasteiger partial charge on any atom is -0.497 e. The van der Waals surface area contributed by atoms with Gasteiger partial charge in [-0.3, -0.25) is 0 Å². The molecule has 0 unspecified atom stereocenters. The molecule has 2 nitrogen and oxygen atoms in total. The molecule has 2 rings (SSSR count). The summed E-state index contributed by atoms with van der Waals surface area (Å²) in [6.07, 6.45) is 1.19. The standard InChI is InChI=1S/C12H15NOS2/c1-3-6-15-12-8-16-11-5-4-9(14-2)7-10(11)13-12/h4-5,7H,3,6,8H2,1-2H3. The lowest BCUT2D eigenvalue weighted by atomic mass is 10.3. The number of hydrogen-bond acceptors (Lipinski definition) is 4. The van der Waals surface area contributed by atoms with Gasteiger partial charge in [-0.15, -0.1) is 23.5 Å². The van der Waals surface area contributed by atoms with E-state index in [1.807, 2.05) is 35.7 Å². The highest BCUT2D eigenvalue weighted by Gasteiger charge is 2.13. The molecule has 1 aromatic carbocycles. The van der Waals surface area contributed by atoms with Crippen LogP contribution in [0.1, 0.15) is 13.3 Å². The minimum absolute atomic E-state index is 0.879. The Labute approximate surface area is 105 Å². The van der Waals surface area contributed by atoms with Gasteiger partial charge < -0.3 is 4.74 Å². The lowest BCUT2D eigenvalue weighted by Crippen LogP contribution is -2.01. The van der Waals surface area contributed by atoms with Crippen LogP contribution in [0.5, 0.6) is 5.75 Å². The van der Waals surface area contributed by atoms with E-state index in [4.69, 9.17) is 4.74 Å². The van der Waals surface area contributed by atoms with Crippen molar-refractivity contribution in [2.45, 2.75) is 18.2 Å². The van der Waals surface area contributed by atoms with Crippen LogP contribution < -0.4 is 4.74 Å². The summed E-state index contributed by atoms with van der Waals surface area (Å²) in [4.78, 5) is 5.92. The van der Waals surface area contributed by atoms with E-state index >= 15 is 0 Å². The quantitative estimate of drug-likeness (QED) is 0.813. The summed E-state index contributed by atoms with van der Waals surface area (Å²) in [5.41, 5.74) is 1.05. The van der Waals surface area contributed by atoms with Gasteiger partial charge in [0.15, 0.2) is 0 Å². The molecule has 0 bridgehead atoms. The van der Waals surface area contributed by atoms with Crippen molar-refractivity contribution in [1.82, 2.24) is 0 Å². The predicted molar refractivity (Wildman–Crippen MR) is 73.6 cm³/mol. The van der Waals surface area contributed by atoms with Gasteiger partial charge in [-0.2, -0.15) is 0 Å². The number of thioether (sulfide) groups is 2. The number of nitrogens with zero attached hydrogens (tertiary/aromatic N) is 1. The molecular weight excluding hydrogens is 238 g/mol. The Balaban J connectivity index is 2.20. The van der Waals surface area contributed by atoms with E-state index in [0.717, 1.165) is 22.9 Å². The van der Waals surface area contributed by atoms with Gasteiger partial charge >= 0.3 is 0 Å². The Morgan fingerprint density at radius 1 is 1.50 bits per heavy atom. The zero-order chi connectivity index (χ0) is 11.4. The fourth-order valence-electron chi connectivity index (χ4n) is 1.43. The highest BCUT2D eigenvalue weighted by atomic mass is 32.2. The second kappa shape index (κ2) is 5.64. The van der Waals surface area contributed by atoms with E-state index in [1.54, 1.807) is 7.11 Å². The molecule has 1 aromatic rings. The summed E-state index contributed by atoms with van der Waals surface area (Å²) in [6.45, 7) is 2.19. The van der Waals surface area contributed by atoms with E-state index in [-0.39, 0.29) is 0 Å². The van der Waals surface area contributed by atoms with Crippen molar-refractivity contribution in [3.8, 4) is 5.75 Å². The van der Waals surface area contributed by atoms with Gasteiger partial charge in [0.25, 0.3) is 0 Å². The van der Waals surface area contributed by atoms with Crippen LogP contribution in [0.2, 0.25) is 0 Å². The third-order valence-corrected chi connectivity index (χ3v) is 4.67. The van der Waals surface area contributed by atoms with E-state index in [0.29, 0.717) is 0 Å². The van der Waals surface area contributed by atoms with Crippen LogP contribution in [0.25, 0.3) is 0 Å². The first-order chi connectivity index (χ1) is 7.83. The number of benzene rings is 1. The summed E-state index contributed by atoms with van der Waals surface area (Å²) >= 11 is 3.72. The molecule has 1 aliphatic rings. The van der Waals surface area contributed by atoms with E-state index in [1.165, 1.54) is 16.4 Å². The van der Waals surface area contributed by atoms with Crippen molar-refractivity contribution in [3.63, 3.8) is 0 Å². The monoisotopic (exact) mass is 253 g/mol. The molecule has 1 heterocycles. The average molecular weight is 253 g/mol. The number of fused-ring (bicyclic) bond motifs is 1. The summed E-state index contributed by atoms with van der Waals surface area (Å²) in [7, 11) is 1.69. The molecule has 1 aliphatic heterocycles. The molecule has 0 saturated carbocycles. The Kier molecular flexibility index (Phi) is 4.18. The molecule has 86 valence electrons. The normalized spacial score (nSPS) is 14.2. The molecule has 0 radical (unpaired) electrons. The lowest BCUT2D eigenvalue weighted by molar-refractivity contribution is 0.414. The maximum atomic E-state index is 5.21. The first kappa shape index (κ1) is 11.9. The Morgan fingerprint density at radius 2 is 2.38 bits per heavy atom. The third-order valence-electron chi connectivity index (χ3n) is 2.24. The van der Waals surface area contributed by atoms with Crippen molar-refractivity contribution in [2.24, 2.45) is 4.99 Å². The van der Waals surface area contributed by atoms with Gasteiger partial charge in [0.2, 0.25) is 0 Å². The predicted octanol–water partition coefficient (Wildman–Crippen LogP) is 3.97. The van der Waals surface area contributed by atoms with Crippen molar-refractivity contribution in [1.29, 1.82) is 0 Å². The summed E-state index contributed by atoms with van der Waals surface area (Å²) in [5.74, 6) is 3.03. The minimum atomic E-state index is 0.879. The smallest absolute Gasteiger partial charge is 0.121 e. The molecule has 16 heavy (non-hydrogen) atoms. The van der Waals surface area contributed by atoms with Gasteiger partial charge in [0.1, 0.15) is 5.75 Å². The summed E-state index contributed by atoms with van der Waals surface area (Å²) in [6, 6.07) is 6.09. The van der Waals surface area contributed by atoms with Crippen LogP contribution in [-0.2, 0) is 0 Å². The molecule has 0 spiro atoms. The maximum Gasteiger partial charge on any atom is 0.121 e. The number of aliphatic imine (C=N–C) groups is 1. The van der Waals surface area contributed by atoms with Gasteiger partial charge in [-0.1, -0.05) is 6.92 Å². The van der Waals surface area contributed by atoms with Crippen LogP contribution in [0.4, 0.5) is 5.69 Å². The summed E-state index contributed by atoms with van der Waals surface area (Å²) < 4.78 is 5.21. The molecule has 0 aliphatic carbocycles. The van der Waals surface area contributed by atoms with Crippen LogP contribution in [0.15, 0.2) is 28.1 Å². The van der Waals surface area contributed by atoms with Crippen molar-refractivity contribution < 1.29 is 4.74 Å². The molecule has 0 fully saturated rings.